The number of thioether (sulfide) groups is 1. The molecule has 0 saturated carbocycles. The van der Waals surface area contributed by atoms with E-state index < -0.39 is 10.0 Å². The van der Waals surface area contributed by atoms with E-state index in [4.69, 9.17) is 0 Å². The van der Waals surface area contributed by atoms with Crippen LogP contribution in [0.5, 0.6) is 0 Å². The van der Waals surface area contributed by atoms with Crippen LogP contribution in [0.1, 0.15) is 11.8 Å². The third kappa shape index (κ3) is 4.49. The normalized spacial score (nSPS) is 11.2. The summed E-state index contributed by atoms with van der Waals surface area (Å²) in [6.45, 7) is 1.75. The number of benzene rings is 1. The van der Waals surface area contributed by atoms with Crippen molar-refractivity contribution >= 4 is 44.7 Å². The second-order valence-corrected chi connectivity index (χ2v) is 8.43. The monoisotopic (exact) mass is 356 g/mol. The van der Waals surface area contributed by atoms with Crippen molar-refractivity contribution in [2.75, 3.05) is 11.0 Å². The Bertz CT molecular complexity index is 769. The van der Waals surface area contributed by atoms with E-state index in [1.54, 1.807) is 42.1 Å². The first-order valence-corrected chi connectivity index (χ1v) is 9.93. The lowest BCUT2D eigenvalue weighted by Gasteiger charge is -2.07. The van der Waals surface area contributed by atoms with Gasteiger partial charge in [-0.1, -0.05) is 6.07 Å². The molecule has 8 heteroatoms. The molecule has 0 unspecified atom stereocenters. The minimum absolute atomic E-state index is 0.148. The predicted molar refractivity (Wildman–Crippen MR) is 90.9 cm³/mol. The molecule has 0 atom stereocenters. The molecule has 1 aromatic carbocycles. The van der Waals surface area contributed by atoms with Gasteiger partial charge in [-0.25, -0.2) is 8.42 Å². The van der Waals surface area contributed by atoms with Crippen LogP contribution in [0.3, 0.4) is 0 Å². The molecule has 2 aromatic rings. The number of thiophene rings is 1. The summed E-state index contributed by atoms with van der Waals surface area (Å²) in [5.41, 5.74) is 0.531. The Balaban J connectivity index is 2.14. The Morgan fingerprint density at radius 1 is 1.27 bits per heavy atom. The highest BCUT2D eigenvalue weighted by molar-refractivity contribution is 7.98. The zero-order chi connectivity index (χ0) is 16.2. The van der Waals surface area contributed by atoms with E-state index in [0.29, 0.717) is 12.2 Å². The molecule has 0 spiro atoms. The van der Waals surface area contributed by atoms with Gasteiger partial charge in [-0.3, -0.25) is 9.52 Å². The Hall–Kier alpha value is -1.51. The van der Waals surface area contributed by atoms with Gasteiger partial charge < -0.3 is 5.32 Å². The highest BCUT2D eigenvalue weighted by Crippen LogP contribution is 2.25. The van der Waals surface area contributed by atoms with E-state index in [2.05, 4.69) is 10.0 Å². The first kappa shape index (κ1) is 16.9. The third-order valence-corrected chi connectivity index (χ3v) is 6.42. The second-order valence-electron chi connectivity index (χ2n) is 4.47. The summed E-state index contributed by atoms with van der Waals surface area (Å²) in [5.74, 6) is -0.148. The number of hydrogen-bond acceptors (Lipinski definition) is 5. The lowest BCUT2D eigenvalue weighted by Crippen LogP contribution is -2.18. The first-order valence-electron chi connectivity index (χ1n) is 6.41. The molecule has 22 heavy (non-hydrogen) atoms. The van der Waals surface area contributed by atoms with Gasteiger partial charge in [0.25, 0.3) is 10.0 Å². The molecule has 118 valence electrons. The van der Waals surface area contributed by atoms with Crippen molar-refractivity contribution in [1.29, 1.82) is 0 Å². The molecular formula is C14H16N2O3S3. The van der Waals surface area contributed by atoms with E-state index in [-0.39, 0.29) is 10.1 Å². The van der Waals surface area contributed by atoms with Gasteiger partial charge in [0.05, 0.1) is 6.54 Å². The molecule has 0 bridgehead atoms. The number of hydrogen-bond donors (Lipinski definition) is 2. The third-order valence-electron chi connectivity index (χ3n) is 2.74. The van der Waals surface area contributed by atoms with Gasteiger partial charge in [0.2, 0.25) is 5.91 Å². The molecule has 1 amide bonds. The molecule has 2 rings (SSSR count). The molecule has 0 aliphatic rings. The lowest BCUT2D eigenvalue weighted by atomic mass is 10.3. The fourth-order valence-corrected chi connectivity index (χ4v) is 4.51. The minimum atomic E-state index is -3.61. The molecular weight excluding hydrogens is 340 g/mol. The highest BCUT2D eigenvalue weighted by atomic mass is 32.2. The molecule has 1 aromatic heterocycles. The molecule has 0 aliphatic carbocycles. The second kappa shape index (κ2) is 7.17. The Morgan fingerprint density at radius 2 is 2.05 bits per heavy atom. The zero-order valence-electron chi connectivity index (χ0n) is 12.1. The summed E-state index contributed by atoms with van der Waals surface area (Å²) in [5, 5.41) is 2.64. The van der Waals surface area contributed by atoms with Gasteiger partial charge in [-0.15, -0.1) is 23.1 Å². The van der Waals surface area contributed by atoms with Crippen molar-refractivity contribution in [1.82, 2.24) is 5.32 Å². The van der Waals surface area contributed by atoms with Crippen molar-refractivity contribution in [2.45, 2.75) is 22.6 Å². The number of amides is 1. The summed E-state index contributed by atoms with van der Waals surface area (Å²) in [6, 6.07) is 10.5. The average Bonchev–Trinajstić information content (AvgIpc) is 2.94. The quantitative estimate of drug-likeness (QED) is 0.781. The largest absolute Gasteiger partial charge is 0.351 e. The zero-order valence-corrected chi connectivity index (χ0v) is 14.6. The van der Waals surface area contributed by atoms with Crippen molar-refractivity contribution in [3.63, 3.8) is 0 Å². The molecule has 0 saturated heterocycles. The number of nitrogens with one attached hydrogen (secondary N) is 2. The van der Waals surface area contributed by atoms with Crippen LogP contribution in [0.2, 0.25) is 0 Å². The van der Waals surface area contributed by atoms with Crippen molar-refractivity contribution in [3.8, 4) is 0 Å². The van der Waals surface area contributed by atoms with E-state index in [9.17, 15) is 13.2 Å². The van der Waals surface area contributed by atoms with E-state index in [0.717, 1.165) is 21.1 Å². The Labute approximate surface area is 138 Å². The molecule has 2 N–H and O–H groups in total. The fourth-order valence-electron chi connectivity index (χ4n) is 1.70. The smallest absolute Gasteiger partial charge is 0.271 e. The van der Waals surface area contributed by atoms with Crippen LogP contribution in [0.4, 0.5) is 5.69 Å². The van der Waals surface area contributed by atoms with Crippen LogP contribution in [0.15, 0.2) is 45.5 Å². The van der Waals surface area contributed by atoms with Crippen LogP contribution >= 0.6 is 23.1 Å². The fraction of sp³-hybridized carbons (Fsp3) is 0.214. The highest BCUT2D eigenvalue weighted by Gasteiger charge is 2.17. The van der Waals surface area contributed by atoms with Crippen LogP contribution in [-0.2, 0) is 21.4 Å². The van der Waals surface area contributed by atoms with Crippen LogP contribution in [0, 0.1) is 0 Å². The van der Waals surface area contributed by atoms with Gasteiger partial charge in [-0.05, 0) is 36.6 Å². The van der Waals surface area contributed by atoms with Crippen LogP contribution < -0.4 is 10.0 Å². The standard InChI is InChI=1S/C14H16N2O3S3/c1-10(17)15-9-13-6-7-14(21-13)22(18,19)16-11-4-3-5-12(8-11)20-2/h3-8,16H,9H2,1-2H3,(H,15,17). The number of carbonyl (C=O) groups is 1. The van der Waals surface area contributed by atoms with Gasteiger partial charge in [-0.2, -0.15) is 0 Å². The van der Waals surface area contributed by atoms with E-state index in [1.165, 1.54) is 6.92 Å². The number of rotatable bonds is 6. The summed E-state index contributed by atoms with van der Waals surface area (Å²) >= 11 is 2.69. The Kier molecular flexibility index (Phi) is 5.49. The van der Waals surface area contributed by atoms with E-state index >= 15 is 0 Å². The number of anilines is 1. The van der Waals surface area contributed by atoms with Gasteiger partial charge >= 0.3 is 0 Å². The maximum Gasteiger partial charge on any atom is 0.271 e. The summed E-state index contributed by atoms with van der Waals surface area (Å²) in [6.07, 6.45) is 1.93. The minimum Gasteiger partial charge on any atom is -0.351 e. The number of carbonyl (C=O) groups excluding carboxylic acids is 1. The average molecular weight is 356 g/mol. The molecule has 0 aliphatic heterocycles. The molecule has 0 radical (unpaired) electrons. The maximum absolute atomic E-state index is 12.4. The first-order chi connectivity index (χ1) is 10.4. The lowest BCUT2D eigenvalue weighted by molar-refractivity contribution is -0.119. The van der Waals surface area contributed by atoms with Gasteiger partial charge in [0, 0.05) is 22.4 Å². The van der Waals surface area contributed by atoms with Crippen LogP contribution in [0.25, 0.3) is 0 Å². The van der Waals surface area contributed by atoms with Crippen molar-refractivity contribution in [3.05, 3.63) is 41.3 Å². The summed E-state index contributed by atoms with van der Waals surface area (Å²) < 4.78 is 27.5. The summed E-state index contributed by atoms with van der Waals surface area (Å²) in [7, 11) is -3.61. The van der Waals surface area contributed by atoms with E-state index in [1.807, 2.05) is 12.3 Å². The topological polar surface area (TPSA) is 75.3 Å². The molecule has 5 nitrogen and oxygen atoms in total. The predicted octanol–water partition coefficient (Wildman–Crippen LogP) is 2.91. The van der Waals surface area contributed by atoms with Crippen LogP contribution in [-0.4, -0.2) is 20.6 Å². The van der Waals surface area contributed by atoms with Crippen molar-refractivity contribution < 1.29 is 13.2 Å². The SMILES string of the molecule is CSc1cccc(NS(=O)(=O)c2ccc(CNC(C)=O)s2)c1. The summed E-state index contributed by atoms with van der Waals surface area (Å²) in [4.78, 5) is 12.7. The van der Waals surface area contributed by atoms with Crippen molar-refractivity contribution in [2.24, 2.45) is 0 Å². The van der Waals surface area contributed by atoms with Gasteiger partial charge in [0.1, 0.15) is 4.21 Å². The molecule has 0 fully saturated rings. The van der Waals surface area contributed by atoms with Gasteiger partial charge in [0.15, 0.2) is 0 Å². The maximum atomic E-state index is 12.4. The number of sulfonamides is 1. The Morgan fingerprint density at radius 3 is 2.73 bits per heavy atom. The molecule has 1 heterocycles.